The monoisotopic (exact) mass is 270 g/mol. The van der Waals surface area contributed by atoms with Gasteiger partial charge in [0.15, 0.2) is 0 Å². The summed E-state index contributed by atoms with van der Waals surface area (Å²) in [5.41, 5.74) is 3.91. The van der Waals surface area contributed by atoms with Crippen LogP contribution in [0.3, 0.4) is 0 Å². The van der Waals surface area contributed by atoms with Gasteiger partial charge in [0, 0.05) is 12.5 Å². The predicted octanol–water partition coefficient (Wildman–Crippen LogP) is 1.63. The molecule has 1 aromatic heterocycles. The number of hydrogen-bond donors (Lipinski definition) is 2. The highest BCUT2D eigenvalue weighted by molar-refractivity contribution is 6.31. The van der Waals surface area contributed by atoms with Gasteiger partial charge in [0.1, 0.15) is 0 Å². The van der Waals surface area contributed by atoms with Gasteiger partial charge in [0.25, 0.3) is 0 Å². The van der Waals surface area contributed by atoms with Crippen LogP contribution in [0.2, 0.25) is 5.02 Å². The molecule has 0 saturated carbocycles. The van der Waals surface area contributed by atoms with E-state index in [9.17, 15) is 0 Å². The van der Waals surface area contributed by atoms with Crippen molar-refractivity contribution in [2.45, 2.75) is 51.0 Å². The van der Waals surface area contributed by atoms with Gasteiger partial charge in [-0.05, 0) is 26.2 Å². The van der Waals surface area contributed by atoms with Gasteiger partial charge in [-0.15, -0.1) is 0 Å². The summed E-state index contributed by atoms with van der Waals surface area (Å²) in [5.74, 6) is 6.16. The van der Waals surface area contributed by atoms with Crippen molar-refractivity contribution in [2.75, 3.05) is 0 Å². The van der Waals surface area contributed by atoms with Crippen molar-refractivity contribution in [2.24, 2.45) is 11.8 Å². The molecule has 4 atom stereocenters. The van der Waals surface area contributed by atoms with E-state index >= 15 is 0 Å². The number of rotatable bonds is 4. The van der Waals surface area contributed by atoms with Gasteiger partial charge in [-0.1, -0.05) is 11.6 Å². The van der Waals surface area contributed by atoms with E-state index in [2.05, 4.69) is 17.4 Å². The van der Waals surface area contributed by atoms with E-state index in [1.807, 2.05) is 4.68 Å². The van der Waals surface area contributed by atoms with Gasteiger partial charge in [0.2, 0.25) is 0 Å². The summed E-state index contributed by atoms with van der Waals surface area (Å²) < 4.78 is 7.83. The molecule has 2 saturated heterocycles. The summed E-state index contributed by atoms with van der Waals surface area (Å²) in [4.78, 5) is 0. The average Bonchev–Trinajstić information content (AvgIpc) is 3.07. The molecule has 2 aliphatic heterocycles. The Balaban J connectivity index is 1.90. The maximum Gasteiger partial charge on any atom is 0.0834 e. The lowest BCUT2D eigenvalue weighted by Crippen LogP contribution is -2.39. The number of aromatic nitrogens is 2. The number of fused-ring (bicyclic) bond motifs is 2. The molecule has 0 spiro atoms. The number of nitrogens with one attached hydrogen (secondary N) is 1. The van der Waals surface area contributed by atoms with Crippen molar-refractivity contribution in [1.82, 2.24) is 15.2 Å². The van der Waals surface area contributed by atoms with E-state index in [1.165, 1.54) is 6.42 Å². The molecular formula is C12H19ClN4O. The number of ether oxygens (including phenoxy) is 1. The van der Waals surface area contributed by atoms with Crippen molar-refractivity contribution in [3.63, 3.8) is 0 Å². The molecule has 3 N–H and O–H groups in total. The molecule has 18 heavy (non-hydrogen) atoms. The highest BCUT2D eigenvalue weighted by Crippen LogP contribution is 2.45. The Kier molecular flexibility index (Phi) is 3.32. The molecule has 0 aromatic carbocycles. The zero-order chi connectivity index (χ0) is 12.7. The third-order valence-electron chi connectivity index (χ3n) is 4.19. The lowest BCUT2D eigenvalue weighted by atomic mass is 9.83. The Morgan fingerprint density at radius 3 is 3.06 bits per heavy atom. The average molecular weight is 271 g/mol. The summed E-state index contributed by atoms with van der Waals surface area (Å²) in [6, 6.07) is 0.0234. The Bertz CT molecular complexity index is 436. The minimum atomic E-state index is 0.0234. The fourth-order valence-electron chi connectivity index (χ4n) is 3.37. The van der Waals surface area contributed by atoms with Gasteiger partial charge in [0.05, 0.1) is 35.2 Å². The number of hydrogen-bond acceptors (Lipinski definition) is 4. The van der Waals surface area contributed by atoms with Gasteiger partial charge >= 0.3 is 0 Å². The van der Waals surface area contributed by atoms with E-state index in [0.29, 0.717) is 23.1 Å². The molecule has 4 unspecified atom stereocenters. The number of hydrazine groups is 1. The number of nitrogens with zero attached hydrogens (tertiary/aromatic N) is 2. The van der Waals surface area contributed by atoms with Crippen LogP contribution in [0, 0.1) is 5.92 Å². The summed E-state index contributed by atoms with van der Waals surface area (Å²) in [5, 5.41) is 4.97. The smallest absolute Gasteiger partial charge is 0.0834 e. The third-order valence-corrected chi connectivity index (χ3v) is 4.48. The van der Waals surface area contributed by atoms with Crippen LogP contribution in [0.5, 0.6) is 0 Å². The standard InChI is InChI=1S/C12H19ClN4O/c1-2-17-12(9(13)6-15-17)11(16-14)8-5-7-3-4-10(8)18-7/h6-8,10-11,16H,2-5,14H2,1H3. The number of aryl methyl sites for hydroxylation is 1. The van der Waals surface area contributed by atoms with E-state index in [-0.39, 0.29) is 6.04 Å². The molecule has 2 fully saturated rings. The van der Waals surface area contributed by atoms with Crippen LogP contribution < -0.4 is 11.3 Å². The van der Waals surface area contributed by atoms with Crippen molar-refractivity contribution >= 4 is 11.6 Å². The van der Waals surface area contributed by atoms with Crippen LogP contribution in [-0.2, 0) is 11.3 Å². The molecule has 100 valence electrons. The Morgan fingerprint density at radius 1 is 1.67 bits per heavy atom. The maximum atomic E-state index is 6.26. The zero-order valence-corrected chi connectivity index (χ0v) is 11.2. The SMILES string of the molecule is CCn1ncc(Cl)c1C(NN)C1CC2CCC1O2. The van der Waals surface area contributed by atoms with E-state index in [4.69, 9.17) is 22.2 Å². The minimum absolute atomic E-state index is 0.0234. The molecule has 1 aromatic rings. The van der Waals surface area contributed by atoms with E-state index in [0.717, 1.165) is 25.1 Å². The summed E-state index contributed by atoms with van der Waals surface area (Å²) in [7, 11) is 0. The van der Waals surface area contributed by atoms with Crippen LogP contribution in [0.1, 0.15) is 37.9 Å². The first-order valence-corrected chi connectivity index (χ1v) is 6.95. The second-order valence-corrected chi connectivity index (χ2v) is 5.52. The van der Waals surface area contributed by atoms with E-state index in [1.54, 1.807) is 6.20 Å². The summed E-state index contributed by atoms with van der Waals surface area (Å²) in [6.07, 6.45) is 5.79. The molecule has 2 bridgehead atoms. The fraction of sp³-hybridized carbons (Fsp3) is 0.750. The Hall–Kier alpha value is -0.620. The predicted molar refractivity (Wildman–Crippen MR) is 69.0 cm³/mol. The first-order valence-electron chi connectivity index (χ1n) is 6.57. The van der Waals surface area contributed by atoms with Crippen molar-refractivity contribution in [3.8, 4) is 0 Å². The highest BCUT2D eigenvalue weighted by atomic mass is 35.5. The molecule has 6 heteroatoms. The topological polar surface area (TPSA) is 65.1 Å². The van der Waals surface area contributed by atoms with Crippen molar-refractivity contribution in [1.29, 1.82) is 0 Å². The van der Waals surface area contributed by atoms with Crippen LogP contribution in [0.25, 0.3) is 0 Å². The summed E-state index contributed by atoms with van der Waals surface area (Å²) in [6.45, 7) is 2.85. The van der Waals surface area contributed by atoms with Gasteiger partial charge in [-0.25, -0.2) is 0 Å². The second-order valence-electron chi connectivity index (χ2n) is 5.11. The first-order chi connectivity index (χ1) is 8.74. The van der Waals surface area contributed by atoms with E-state index < -0.39 is 0 Å². The lowest BCUT2D eigenvalue weighted by molar-refractivity contribution is 0.0849. The van der Waals surface area contributed by atoms with Crippen LogP contribution >= 0.6 is 11.6 Å². The normalized spacial score (nSPS) is 32.1. The lowest BCUT2D eigenvalue weighted by Gasteiger charge is -2.28. The molecular weight excluding hydrogens is 252 g/mol. The molecule has 5 nitrogen and oxygen atoms in total. The summed E-state index contributed by atoms with van der Waals surface area (Å²) >= 11 is 6.26. The molecule has 0 aliphatic carbocycles. The van der Waals surface area contributed by atoms with Gasteiger partial charge in [-0.3, -0.25) is 16.0 Å². The highest BCUT2D eigenvalue weighted by Gasteiger charge is 2.45. The molecule has 3 rings (SSSR count). The largest absolute Gasteiger partial charge is 0.375 e. The number of nitrogens with two attached hydrogens (primary N) is 1. The van der Waals surface area contributed by atoms with Gasteiger partial charge in [-0.2, -0.15) is 5.10 Å². The van der Waals surface area contributed by atoms with Crippen molar-refractivity contribution in [3.05, 3.63) is 16.9 Å². The van der Waals surface area contributed by atoms with Crippen LogP contribution in [0.4, 0.5) is 0 Å². The fourth-order valence-corrected chi connectivity index (χ4v) is 3.63. The molecule has 0 radical (unpaired) electrons. The molecule has 3 heterocycles. The zero-order valence-electron chi connectivity index (χ0n) is 10.5. The quantitative estimate of drug-likeness (QED) is 0.645. The third kappa shape index (κ3) is 1.86. The first kappa shape index (κ1) is 12.4. The Labute approximate surface area is 112 Å². The Morgan fingerprint density at radius 2 is 2.50 bits per heavy atom. The molecule has 0 amide bonds. The minimum Gasteiger partial charge on any atom is -0.375 e. The molecule has 2 aliphatic rings. The number of halogens is 1. The van der Waals surface area contributed by atoms with Crippen LogP contribution in [0.15, 0.2) is 6.20 Å². The van der Waals surface area contributed by atoms with Crippen LogP contribution in [-0.4, -0.2) is 22.0 Å². The van der Waals surface area contributed by atoms with Crippen molar-refractivity contribution < 1.29 is 4.74 Å². The van der Waals surface area contributed by atoms with Gasteiger partial charge < -0.3 is 4.74 Å². The second kappa shape index (κ2) is 4.81. The maximum absolute atomic E-state index is 6.26.